The SMILES string of the molecule is N#Cc1ccc(CC(=O)N2CC3(CCOCC3)c3ccccc32)cc1. The third-order valence-corrected chi connectivity index (χ3v) is 5.42. The third-order valence-electron chi connectivity index (χ3n) is 5.42. The Morgan fingerprint density at radius 2 is 1.84 bits per heavy atom. The summed E-state index contributed by atoms with van der Waals surface area (Å²) >= 11 is 0. The van der Waals surface area contributed by atoms with Gasteiger partial charge in [0.05, 0.1) is 18.1 Å². The van der Waals surface area contributed by atoms with Crippen LogP contribution in [0.5, 0.6) is 0 Å². The van der Waals surface area contributed by atoms with Gasteiger partial charge in [-0.2, -0.15) is 5.26 Å². The van der Waals surface area contributed by atoms with Crippen LogP contribution in [0.15, 0.2) is 48.5 Å². The zero-order valence-corrected chi connectivity index (χ0v) is 14.1. The van der Waals surface area contributed by atoms with Crippen molar-refractivity contribution < 1.29 is 9.53 Å². The lowest BCUT2D eigenvalue weighted by Crippen LogP contribution is -2.41. The van der Waals surface area contributed by atoms with Crippen LogP contribution >= 0.6 is 0 Å². The summed E-state index contributed by atoms with van der Waals surface area (Å²) in [6.45, 7) is 2.25. The fourth-order valence-electron chi connectivity index (χ4n) is 4.01. The Morgan fingerprint density at radius 3 is 2.56 bits per heavy atom. The van der Waals surface area contributed by atoms with Crippen LogP contribution in [0, 0.1) is 11.3 Å². The van der Waals surface area contributed by atoms with Crippen molar-refractivity contribution in [2.24, 2.45) is 0 Å². The van der Waals surface area contributed by atoms with Crippen LogP contribution in [-0.2, 0) is 21.4 Å². The van der Waals surface area contributed by atoms with Crippen molar-refractivity contribution in [1.29, 1.82) is 5.26 Å². The molecule has 25 heavy (non-hydrogen) atoms. The average Bonchev–Trinajstić information content (AvgIpc) is 2.97. The standard InChI is InChI=1S/C21H20N2O2/c22-14-17-7-5-16(6-8-17)13-20(24)23-15-21(9-11-25-12-10-21)18-3-1-2-4-19(18)23/h1-8H,9-13,15H2. The summed E-state index contributed by atoms with van der Waals surface area (Å²) in [6, 6.07) is 17.6. The van der Waals surface area contributed by atoms with Crippen molar-refractivity contribution in [2.75, 3.05) is 24.7 Å². The molecule has 4 heteroatoms. The largest absolute Gasteiger partial charge is 0.381 e. The van der Waals surface area contributed by atoms with Crippen LogP contribution in [0.25, 0.3) is 0 Å². The first kappa shape index (κ1) is 15.9. The van der Waals surface area contributed by atoms with Gasteiger partial charge < -0.3 is 9.64 Å². The van der Waals surface area contributed by atoms with Gasteiger partial charge in [0.15, 0.2) is 0 Å². The number of hydrogen-bond acceptors (Lipinski definition) is 3. The predicted octanol–water partition coefficient (Wildman–Crippen LogP) is 3.20. The average molecular weight is 332 g/mol. The Balaban J connectivity index is 1.59. The maximum atomic E-state index is 13.0. The van der Waals surface area contributed by atoms with Crippen molar-refractivity contribution >= 4 is 11.6 Å². The van der Waals surface area contributed by atoms with E-state index in [9.17, 15) is 4.79 Å². The lowest BCUT2D eigenvalue weighted by molar-refractivity contribution is -0.118. The van der Waals surface area contributed by atoms with Crippen LogP contribution in [0.1, 0.15) is 29.5 Å². The van der Waals surface area contributed by atoms with Crippen LogP contribution in [0.3, 0.4) is 0 Å². The molecule has 1 saturated heterocycles. The molecular formula is C21H20N2O2. The molecule has 0 N–H and O–H groups in total. The summed E-state index contributed by atoms with van der Waals surface area (Å²) in [6.07, 6.45) is 2.28. The molecule has 1 spiro atoms. The first-order valence-electron chi connectivity index (χ1n) is 8.69. The van der Waals surface area contributed by atoms with Gasteiger partial charge in [0.25, 0.3) is 0 Å². The third kappa shape index (κ3) is 2.81. The maximum Gasteiger partial charge on any atom is 0.231 e. The molecule has 1 amide bonds. The summed E-state index contributed by atoms with van der Waals surface area (Å²) in [5.74, 6) is 0.112. The second-order valence-corrected chi connectivity index (χ2v) is 6.88. The van der Waals surface area contributed by atoms with Gasteiger partial charge in [-0.05, 0) is 42.2 Å². The molecule has 0 bridgehead atoms. The van der Waals surface area contributed by atoms with Gasteiger partial charge in [-0.25, -0.2) is 0 Å². The van der Waals surface area contributed by atoms with Crippen LogP contribution in [0.4, 0.5) is 5.69 Å². The minimum Gasteiger partial charge on any atom is -0.381 e. The van der Waals surface area contributed by atoms with E-state index >= 15 is 0 Å². The molecule has 0 atom stereocenters. The number of carbonyl (C=O) groups is 1. The Morgan fingerprint density at radius 1 is 1.12 bits per heavy atom. The number of hydrogen-bond donors (Lipinski definition) is 0. The molecule has 0 saturated carbocycles. The molecule has 2 aromatic carbocycles. The number of rotatable bonds is 2. The van der Waals surface area contributed by atoms with Gasteiger partial charge in [-0.1, -0.05) is 30.3 Å². The molecule has 1 fully saturated rings. The second-order valence-electron chi connectivity index (χ2n) is 6.88. The first-order valence-corrected chi connectivity index (χ1v) is 8.69. The summed E-state index contributed by atoms with van der Waals surface area (Å²) in [4.78, 5) is 14.9. The number of ether oxygens (including phenoxy) is 1. The van der Waals surface area contributed by atoms with Crippen LogP contribution in [-0.4, -0.2) is 25.7 Å². The Hall–Kier alpha value is -2.64. The highest BCUT2D eigenvalue weighted by Crippen LogP contribution is 2.46. The van der Waals surface area contributed by atoms with E-state index in [1.807, 2.05) is 23.1 Å². The van der Waals surface area contributed by atoms with E-state index in [1.54, 1.807) is 12.1 Å². The molecule has 0 aliphatic carbocycles. The topological polar surface area (TPSA) is 53.3 Å². The highest BCUT2D eigenvalue weighted by atomic mass is 16.5. The summed E-state index contributed by atoms with van der Waals surface area (Å²) < 4.78 is 5.55. The number of nitriles is 1. The molecule has 4 rings (SSSR count). The van der Waals surface area contributed by atoms with Gasteiger partial charge in [0.2, 0.25) is 5.91 Å². The predicted molar refractivity (Wildman–Crippen MR) is 95.4 cm³/mol. The molecular weight excluding hydrogens is 312 g/mol. The molecule has 0 unspecified atom stereocenters. The fourth-order valence-corrected chi connectivity index (χ4v) is 4.01. The van der Waals surface area contributed by atoms with Crippen molar-refractivity contribution in [3.8, 4) is 6.07 Å². The van der Waals surface area contributed by atoms with E-state index in [1.165, 1.54) is 5.56 Å². The van der Waals surface area contributed by atoms with Gasteiger partial charge >= 0.3 is 0 Å². The Labute approximate surface area is 147 Å². The minimum absolute atomic E-state index is 0.0369. The smallest absolute Gasteiger partial charge is 0.231 e. The quantitative estimate of drug-likeness (QED) is 0.848. The number of para-hydroxylation sites is 1. The lowest BCUT2D eigenvalue weighted by atomic mass is 9.76. The number of anilines is 1. The van der Waals surface area contributed by atoms with Gasteiger partial charge in [-0.15, -0.1) is 0 Å². The molecule has 4 nitrogen and oxygen atoms in total. The molecule has 2 aromatic rings. The number of nitrogens with zero attached hydrogens (tertiary/aromatic N) is 2. The highest BCUT2D eigenvalue weighted by molar-refractivity contribution is 5.97. The summed E-state index contributed by atoms with van der Waals surface area (Å²) in [5.41, 5.74) is 3.92. The normalized spacial score (nSPS) is 18.0. The van der Waals surface area contributed by atoms with Crippen molar-refractivity contribution in [2.45, 2.75) is 24.7 Å². The first-order chi connectivity index (χ1) is 12.2. The van der Waals surface area contributed by atoms with E-state index in [0.717, 1.165) is 43.9 Å². The lowest BCUT2D eigenvalue weighted by Gasteiger charge is -2.34. The van der Waals surface area contributed by atoms with Gasteiger partial charge in [0, 0.05) is 30.9 Å². The van der Waals surface area contributed by atoms with Crippen molar-refractivity contribution in [3.05, 3.63) is 65.2 Å². The zero-order chi connectivity index (χ0) is 17.3. The number of carbonyl (C=O) groups excluding carboxylic acids is 1. The number of amides is 1. The fraction of sp³-hybridized carbons (Fsp3) is 0.333. The summed E-state index contributed by atoms with van der Waals surface area (Å²) in [5, 5.41) is 8.90. The second kappa shape index (κ2) is 6.34. The Kier molecular flexibility index (Phi) is 4.03. The minimum atomic E-state index is 0.0369. The zero-order valence-electron chi connectivity index (χ0n) is 14.1. The monoisotopic (exact) mass is 332 g/mol. The molecule has 0 aromatic heterocycles. The van der Waals surface area contributed by atoms with Gasteiger partial charge in [-0.3, -0.25) is 4.79 Å². The molecule has 2 aliphatic heterocycles. The van der Waals surface area contributed by atoms with Crippen LogP contribution in [0.2, 0.25) is 0 Å². The molecule has 0 radical (unpaired) electrons. The van der Waals surface area contributed by atoms with E-state index < -0.39 is 0 Å². The van der Waals surface area contributed by atoms with E-state index in [0.29, 0.717) is 12.0 Å². The molecule has 126 valence electrons. The van der Waals surface area contributed by atoms with Crippen molar-refractivity contribution in [1.82, 2.24) is 0 Å². The number of benzene rings is 2. The summed E-state index contributed by atoms with van der Waals surface area (Å²) in [7, 11) is 0. The van der Waals surface area contributed by atoms with E-state index in [2.05, 4.69) is 24.3 Å². The van der Waals surface area contributed by atoms with E-state index in [-0.39, 0.29) is 11.3 Å². The van der Waals surface area contributed by atoms with Gasteiger partial charge in [0.1, 0.15) is 0 Å². The highest BCUT2D eigenvalue weighted by Gasteiger charge is 2.45. The number of fused-ring (bicyclic) bond motifs is 2. The Bertz CT molecular complexity index is 830. The molecule has 2 aliphatic rings. The van der Waals surface area contributed by atoms with Crippen molar-refractivity contribution in [3.63, 3.8) is 0 Å². The van der Waals surface area contributed by atoms with E-state index in [4.69, 9.17) is 10.00 Å². The van der Waals surface area contributed by atoms with Crippen LogP contribution < -0.4 is 4.90 Å². The molecule has 2 heterocycles. The maximum absolute atomic E-state index is 13.0.